The van der Waals surface area contributed by atoms with Crippen molar-refractivity contribution in [1.82, 2.24) is 10.2 Å². The van der Waals surface area contributed by atoms with Crippen LogP contribution in [0, 0.1) is 0 Å². The van der Waals surface area contributed by atoms with Gasteiger partial charge in [0.05, 0.1) is 19.2 Å². The molecule has 7 heteroatoms. The lowest BCUT2D eigenvalue weighted by Crippen LogP contribution is -2.48. The van der Waals surface area contributed by atoms with Crippen LogP contribution in [0.2, 0.25) is 0 Å². The number of guanidine groups is 1. The Morgan fingerprint density at radius 3 is 2.74 bits per heavy atom. The molecule has 134 valence electrons. The Balaban J connectivity index is 2.59. The van der Waals surface area contributed by atoms with Crippen LogP contribution in [0.4, 0.5) is 4.79 Å². The second-order valence-corrected chi connectivity index (χ2v) is 7.05. The average Bonchev–Trinajstić information content (AvgIpc) is 2.43. The fourth-order valence-electron chi connectivity index (χ4n) is 2.54. The number of rotatable bonds is 5. The van der Waals surface area contributed by atoms with Gasteiger partial charge >= 0.3 is 6.09 Å². The first-order valence-electron chi connectivity index (χ1n) is 8.28. The predicted octanol–water partition coefficient (Wildman–Crippen LogP) is 1.72. The highest BCUT2D eigenvalue weighted by Gasteiger charge is 2.30. The number of carbonyl (C=O) groups is 1. The van der Waals surface area contributed by atoms with Crippen LogP contribution in [0.25, 0.3) is 0 Å². The smallest absolute Gasteiger partial charge is 0.410 e. The van der Waals surface area contributed by atoms with Gasteiger partial charge in [0.1, 0.15) is 5.60 Å². The van der Waals surface area contributed by atoms with E-state index in [1.165, 1.54) is 0 Å². The molecule has 1 aliphatic rings. The number of carbonyl (C=O) groups excluding carboxylic acids is 1. The van der Waals surface area contributed by atoms with Crippen molar-refractivity contribution in [3.05, 3.63) is 0 Å². The van der Waals surface area contributed by atoms with Crippen LogP contribution >= 0.6 is 0 Å². The van der Waals surface area contributed by atoms with Crippen molar-refractivity contribution in [2.45, 2.75) is 64.6 Å². The van der Waals surface area contributed by atoms with Crippen LogP contribution in [-0.2, 0) is 9.47 Å². The molecule has 0 aromatic carbocycles. The first-order chi connectivity index (χ1) is 10.7. The highest BCUT2D eigenvalue weighted by atomic mass is 16.6. The molecule has 3 N–H and O–H groups in total. The minimum atomic E-state index is -0.488. The second-order valence-electron chi connectivity index (χ2n) is 7.05. The molecule has 7 nitrogen and oxygen atoms in total. The van der Waals surface area contributed by atoms with Crippen molar-refractivity contribution in [3.63, 3.8) is 0 Å². The molecule has 23 heavy (non-hydrogen) atoms. The molecule has 1 aliphatic heterocycles. The summed E-state index contributed by atoms with van der Waals surface area (Å²) < 4.78 is 10.5. The van der Waals surface area contributed by atoms with Gasteiger partial charge in [0.15, 0.2) is 5.96 Å². The molecule has 0 aromatic rings. The summed E-state index contributed by atoms with van der Waals surface area (Å²) in [5, 5.41) is 3.07. The standard InChI is InChI=1S/C16H32N4O3/c1-12(11-22-5)19-14(17)18-10-13-8-6-7-9-20(13)15(21)23-16(2,3)4/h12-13H,6-11H2,1-5H3,(H3,17,18,19). The quantitative estimate of drug-likeness (QED) is 0.592. The normalized spacial score (nSPS) is 21.0. The number of piperidine rings is 1. The third-order valence-electron chi connectivity index (χ3n) is 3.54. The van der Waals surface area contributed by atoms with Crippen LogP contribution < -0.4 is 11.1 Å². The maximum atomic E-state index is 12.3. The highest BCUT2D eigenvalue weighted by Crippen LogP contribution is 2.20. The molecule has 0 aromatic heterocycles. The minimum absolute atomic E-state index is 0.0386. The lowest BCUT2D eigenvalue weighted by Gasteiger charge is -2.36. The molecule has 2 atom stereocenters. The Labute approximate surface area is 139 Å². The number of amides is 1. The van der Waals surface area contributed by atoms with Crippen molar-refractivity contribution in [3.8, 4) is 0 Å². The van der Waals surface area contributed by atoms with Gasteiger partial charge in [-0.3, -0.25) is 4.99 Å². The zero-order valence-electron chi connectivity index (χ0n) is 15.1. The average molecular weight is 328 g/mol. The summed E-state index contributed by atoms with van der Waals surface area (Å²) in [7, 11) is 1.65. The van der Waals surface area contributed by atoms with Crippen molar-refractivity contribution in [2.24, 2.45) is 10.7 Å². The van der Waals surface area contributed by atoms with Gasteiger partial charge in [-0.25, -0.2) is 4.79 Å². The number of hydrogen-bond acceptors (Lipinski definition) is 4. The van der Waals surface area contributed by atoms with E-state index in [1.807, 2.05) is 27.7 Å². The number of nitrogens with one attached hydrogen (secondary N) is 1. The largest absolute Gasteiger partial charge is 0.444 e. The zero-order valence-corrected chi connectivity index (χ0v) is 15.1. The van der Waals surface area contributed by atoms with E-state index in [4.69, 9.17) is 15.2 Å². The number of hydrogen-bond donors (Lipinski definition) is 2. The Bertz CT molecular complexity index is 407. The lowest BCUT2D eigenvalue weighted by molar-refractivity contribution is 0.0110. The van der Waals surface area contributed by atoms with E-state index < -0.39 is 5.60 Å². The fourth-order valence-corrected chi connectivity index (χ4v) is 2.54. The van der Waals surface area contributed by atoms with E-state index in [-0.39, 0.29) is 18.2 Å². The van der Waals surface area contributed by atoms with Crippen LogP contribution in [0.1, 0.15) is 47.0 Å². The number of nitrogens with two attached hydrogens (primary N) is 1. The second kappa shape index (κ2) is 8.96. The third-order valence-corrected chi connectivity index (χ3v) is 3.54. The minimum Gasteiger partial charge on any atom is -0.444 e. The maximum Gasteiger partial charge on any atom is 0.410 e. The highest BCUT2D eigenvalue weighted by molar-refractivity contribution is 5.78. The Hall–Kier alpha value is -1.50. The summed E-state index contributed by atoms with van der Waals surface area (Å²) >= 11 is 0. The SMILES string of the molecule is COCC(C)NC(N)=NCC1CCCCN1C(=O)OC(C)(C)C. The molecular formula is C16H32N4O3. The molecule has 1 fully saturated rings. The van der Waals surface area contributed by atoms with Crippen molar-refractivity contribution < 1.29 is 14.3 Å². The van der Waals surface area contributed by atoms with Gasteiger partial charge in [-0.2, -0.15) is 0 Å². The van der Waals surface area contributed by atoms with Gasteiger partial charge in [-0.05, 0) is 47.0 Å². The number of likely N-dealkylation sites (tertiary alicyclic amines) is 1. The number of aliphatic imine (C=N–C) groups is 1. The molecule has 0 saturated carbocycles. The van der Waals surface area contributed by atoms with Gasteiger partial charge in [-0.1, -0.05) is 0 Å². The van der Waals surface area contributed by atoms with Gasteiger partial charge in [0.2, 0.25) is 0 Å². The van der Waals surface area contributed by atoms with Crippen LogP contribution in [-0.4, -0.2) is 61.4 Å². The van der Waals surface area contributed by atoms with Crippen LogP contribution in [0.15, 0.2) is 4.99 Å². The van der Waals surface area contributed by atoms with E-state index in [9.17, 15) is 4.79 Å². The van der Waals surface area contributed by atoms with Gasteiger partial charge < -0.3 is 25.4 Å². The van der Waals surface area contributed by atoms with E-state index >= 15 is 0 Å². The van der Waals surface area contributed by atoms with Gasteiger partial charge in [-0.15, -0.1) is 0 Å². The number of ether oxygens (including phenoxy) is 2. The molecule has 1 heterocycles. The summed E-state index contributed by atoms with van der Waals surface area (Å²) in [6.07, 6.45) is 2.74. The summed E-state index contributed by atoms with van der Waals surface area (Å²) in [5.74, 6) is 0.379. The van der Waals surface area contributed by atoms with Gasteiger partial charge in [0.25, 0.3) is 0 Å². The van der Waals surface area contributed by atoms with E-state index in [0.29, 0.717) is 25.7 Å². The van der Waals surface area contributed by atoms with Crippen molar-refractivity contribution in [1.29, 1.82) is 0 Å². The molecule has 0 radical (unpaired) electrons. The monoisotopic (exact) mass is 328 g/mol. The first kappa shape index (κ1) is 19.5. The van der Waals surface area contributed by atoms with E-state index in [2.05, 4.69) is 10.3 Å². The molecular weight excluding hydrogens is 296 g/mol. The Morgan fingerprint density at radius 1 is 1.43 bits per heavy atom. The van der Waals surface area contributed by atoms with E-state index in [1.54, 1.807) is 12.0 Å². The molecule has 1 rings (SSSR count). The summed E-state index contributed by atoms with van der Waals surface area (Å²) in [4.78, 5) is 18.5. The van der Waals surface area contributed by atoms with Crippen LogP contribution in [0.3, 0.4) is 0 Å². The molecule has 1 amide bonds. The van der Waals surface area contributed by atoms with Crippen LogP contribution in [0.5, 0.6) is 0 Å². The fraction of sp³-hybridized carbons (Fsp3) is 0.875. The number of methoxy groups -OCH3 is 1. The number of nitrogens with zero attached hydrogens (tertiary/aromatic N) is 2. The molecule has 1 saturated heterocycles. The van der Waals surface area contributed by atoms with Crippen molar-refractivity contribution >= 4 is 12.1 Å². The summed E-state index contributed by atoms with van der Waals surface area (Å²) in [6.45, 7) is 9.35. The Kier molecular flexibility index (Phi) is 7.61. The van der Waals surface area contributed by atoms with Gasteiger partial charge in [0, 0.05) is 19.7 Å². The molecule has 0 aliphatic carbocycles. The van der Waals surface area contributed by atoms with Crippen molar-refractivity contribution in [2.75, 3.05) is 26.8 Å². The topological polar surface area (TPSA) is 89.2 Å². The summed E-state index contributed by atoms with van der Waals surface area (Å²) in [5.41, 5.74) is 5.41. The molecule has 0 spiro atoms. The zero-order chi connectivity index (χ0) is 17.5. The lowest BCUT2D eigenvalue weighted by atomic mass is 10.0. The first-order valence-corrected chi connectivity index (χ1v) is 8.28. The Morgan fingerprint density at radius 2 is 2.13 bits per heavy atom. The maximum absolute atomic E-state index is 12.3. The third kappa shape index (κ3) is 7.54. The summed E-state index contributed by atoms with van der Waals surface area (Å²) in [6, 6.07) is 0.133. The predicted molar refractivity (Wildman–Crippen MR) is 91.5 cm³/mol. The van der Waals surface area contributed by atoms with E-state index in [0.717, 1.165) is 19.3 Å². The molecule has 2 unspecified atom stereocenters. The molecule has 0 bridgehead atoms.